The van der Waals surface area contributed by atoms with Gasteiger partial charge in [0, 0.05) is 12.1 Å². The summed E-state index contributed by atoms with van der Waals surface area (Å²) in [6, 6.07) is 3.92. The van der Waals surface area contributed by atoms with Crippen molar-refractivity contribution < 1.29 is 0 Å². The Morgan fingerprint density at radius 2 is 2.12 bits per heavy atom. The lowest BCUT2D eigenvalue weighted by Crippen LogP contribution is -2.24. The van der Waals surface area contributed by atoms with E-state index in [1.807, 2.05) is 26.0 Å². The molecule has 1 aromatic heterocycles. The molecule has 5 nitrogen and oxygen atoms in total. The van der Waals surface area contributed by atoms with Crippen LogP contribution in [0.3, 0.4) is 0 Å². The summed E-state index contributed by atoms with van der Waals surface area (Å²) in [6.45, 7) is 10.2. The minimum atomic E-state index is -0.267. The summed E-state index contributed by atoms with van der Waals surface area (Å²) in [5, 5.41) is 8.80. The van der Waals surface area contributed by atoms with Gasteiger partial charge in [-0.25, -0.2) is 14.5 Å². The molecule has 130 valence electrons. The predicted octanol–water partition coefficient (Wildman–Crippen LogP) is 4.35. The average molecular weight is 367 g/mol. The number of aromatic nitrogens is 3. The quantitative estimate of drug-likeness (QED) is 0.497. The van der Waals surface area contributed by atoms with Crippen LogP contribution in [-0.4, -0.2) is 26.9 Å². The molecule has 0 amide bonds. The van der Waals surface area contributed by atoms with Gasteiger partial charge in [0.2, 0.25) is 5.16 Å². The van der Waals surface area contributed by atoms with Gasteiger partial charge in [-0.3, -0.25) is 4.99 Å². The highest BCUT2D eigenvalue weighted by atomic mass is 35.5. The molecule has 0 unspecified atom stereocenters. The number of thioether (sulfide) groups is 1. The Bertz CT molecular complexity index is 836. The third-order valence-corrected chi connectivity index (χ3v) is 5.67. The molecule has 0 fully saturated rings. The van der Waals surface area contributed by atoms with Crippen molar-refractivity contribution in [2.75, 3.05) is 7.05 Å². The van der Waals surface area contributed by atoms with Crippen LogP contribution >= 0.6 is 23.4 Å². The van der Waals surface area contributed by atoms with E-state index in [0.29, 0.717) is 10.2 Å². The summed E-state index contributed by atoms with van der Waals surface area (Å²) in [7, 11) is 1.72. The standard InChI is InChI=1S/C17H23ClN4OS/c1-7-17(4,5)12-9-13(18)10(2)8-14(12)22-15(23)20-21-16(22)24-11(3)19-6/h8-9H,7H2,1-6H3,(H,20,23). The molecule has 7 heteroatoms. The molecule has 0 bridgehead atoms. The highest BCUT2D eigenvalue weighted by Gasteiger charge is 2.26. The SMILES string of the molecule is CCC(C)(C)c1cc(Cl)c(C)cc1-n1c(SC(C)=NC)n[nH]c1=O. The third-order valence-electron chi connectivity index (χ3n) is 4.33. The molecule has 0 aliphatic rings. The summed E-state index contributed by atoms with van der Waals surface area (Å²) in [6.07, 6.45) is 0.921. The van der Waals surface area contributed by atoms with Gasteiger partial charge in [0.05, 0.1) is 10.7 Å². The van der Waals surface area contributed by atoms with Crippen LogP contribution < -0.4 is 5.69 Å². The molecule has 0 aliphatic carbocycles. The molecule has 1 aromatic carbocycles. The van der Waals surface area contributed by atoms with Gasteiger partial charge in [-0.2, -0.15) is 0 Å². The van der Waals surface area contributed by atoms with Crippen molar-refractivity contribution in [3.63, 3.8) is 0 Å². The number of hydrogen-bond donors (Lipinski definition) is 1. The Balaban J connectivity index is 2.76. The van der Waals surface area contributed by atoms with Crippen LogP contribution in [0.25, 0.3) is 5.69 Å². The Labute approximate surface area is 151 Å². The topological polar surface area (TPSA) is 63.0 Å². The summed E-state index contributed by atoms with van der Waals surface area (Å²) in [5.74, 6) is 0. The zero-order valence-electron chi connectivity index (χ0n) is 14.9. The van der Waals surface area contributed by atoms with Crippen LogP contribution in [-0.2, 0) is 5.41 Å². The predicted molar refractivity (Wildman–Crippen MR) is 102 cm³/mol. The Kier molecular flexibility index (Phi) is 5.60. The van der Waals surface area contributed by atoms with E-state index in [4.69, 9.17) is 11.6 Å². The minimum absolute atomic E-state index is 0.126. The van der Waals surface area contributed by atoms with Crippen LogP contribution in [0.5, 0.6) is 0 Å². The lowest BCUT2D eigenvalue weighted by atomic mass is 9.81. The first kappa shape index (κ1) is 18.8. The maximum atomic E-state index is 12.4. The molecule has 0 saturated heterocycles. The van der Waals surface area contributed by atoms with Gasteiger partial charge >= 0.3 is 5.69 Å². The van der Waals surface area contributed by atoms with Crippen LogP contribution in [0.2, 0.25) is 5.02 Å². The van der Waals surface area contributed by atoms with Crippen LogP contribution in [0.1, 0.15) is 45.2 Å². The number of rotatable bonds is 4. The van der Waals surface area contributed by atoms with Crippen molar-refractivity contribution in [1.29, 1.82) is 0 Å². The second-order valence-electron chi connectivity index (χ2n) is 6.35. The second kappa shape index (κ2) is 7.15. The molecule has 0 aliphatic heterocycles. The zero-order valence-corrected chi connectivity index (χ0v) is 16.5. The molecule has 2 aromatic rings. The van der Waals surface area contributed by atoms with Crippen molar-refractivity contribution in [2.45, 2.75) is 51.6 Å². The minimum Gasteiger partial charge on any atom is -0.286 e. The van der Waals surface area contributed by atoms with E-state index in [-0.39, 0.29) is 11.1 Å². The molecule has 0 radical (unpaired) electrons. The van der Waals surface area contributed by atoms with Gasteiger partial charge in [-0.15, -0.1) is 5.10 Å². The first-order chi connectivity index (χ1) is 11.2. The number of aromatic amines is 1. The molecular weight excluding hydrogens is 344 g/mol. The van der Waals surface area contributed by atoms with Crippen molar-refractivity contribution in [3.05, 3.63) is 38.8 Å². The van der Waals surface area contributed by atoms with E-state index < -0.39 is 0 Å². The lowest BCUT2D eigenvalue weighted by Gasteiger charge is -2.27. The van der Waals surface area contributed by atoms with Gasteiger partial charge in [0.15, 0.2) is 0 Å². The number of nitrogens with one attached hydrogen (secondary N) is 1. The maximum absolute atomic E-state index is 12.4. The van der Waals surface area contributed by atoms with Crippen LogP contribution in [0.4, 0.5) is 0 Å². The molecule has 1 heterocycles. The molecule has 0 atom stereocenters. The first-order valence-electron chi connectivity index (χ1n) is 7.81. The highest BCUT2D eigenvalue weighted by molar-refractivity contribution is 8.13. The van der Waals surface area contributed by atoms with Gasteiger partial charge in [0.1, 0.15) is 0 Å². The van der Waals surface area contributed by atoms with Gasteiger partial charge in [-0.05, 0) is 60.7 Å². The molecule has 0 saturated carbocycles. The fourth-order valence-corrected chi connectivity index (χ4v) is 3.21. The highest BCUT2D eigenvalue weighted by Crippen LogP contribution is 2.36. The Morgan fingerprint density at radius 1 is 1.46 bits per heavy atom. The second-order valence-corrected chi connectivity index (χ2v) is 7.91. The van der Waals surface area contributed by atoms with E-state index >= 15 is 0 Å². The monoisotopic (exact) mass is 366 g/mol. The number of nitrogens with zero attached hydrogens (tertiary/aromatic N) is 3. The van der Waals surface area contributed by atoms with Crippen molar-refractivity contribution >= 4 is 28.4 Å². The van der Waals surface area contributed by atoms with E-state index in [9.17, 15) is 4.79 Å². The van der Waals surface area contributed by atoms with E-state index in [2.05, 4.69) is 36.0 Å². The lowest BCUT2D eigenvalue weighted by molar-refractivity contribution is 0.502. The summed E-state index contributed by atoms with van der Waals surface area (Å²) in [4.78, 5) is 16.6. The number of benzene rings is 1. The van der Waals surface area contributed by atoms with Crippen LogP contribution in [0, 0.1) is 6.92 Å². The van der Waals surface area contributed by atoms with E-state index in [1.165, 1.54) is 11.8 Å². The Morgan fingerprint density at radius 3 is 2.71 bits per heavy atom. The normalized spacial score (nSPS) is 12.7. The number of aryl methyl sites for hydroxylation is 1. The smallest absolute Gasteiger partial charge is 0.286 e. The molecule has 24 heavy (non-hydrogen) atoms. The molecule has 1 N–H and O–H groups in total. The van der Waals surface area contributed by atoms with Crippen molar-refractivity contribution in [2.24, 2.45) is 4.99 Å². The zero-order chi connectivity index (χ0) is 18.1. The molecule has 2 rings (SSSR count). The number of aliphatic imine (C=N–C) groups is 1. The van der Waals surface area contributed by atoms with Gasteiger partial charge < -0.3 is 0 Å². The number of hydrogen-bond acceptors (Lipinski definition) is 4. The van der Waals surface area contributed by atoms with E-state index in [1.54, 1.807) is 11.6 Å². The average Bonchev–Trinajstić information content (AvgIpc) is 2.89. The number of H-pyrrole nitrogens is 1. The van der Waals surface area contributed by atoms with Crippen LogP contribution in [0.15, 0.2) is 27.1 Å². The Hall–Kier alpha value is -1.53. The van der Waals surface area contributed by atoms with Gasteiger partial charge in [0.25, 0.3) is 0 Å². The van der Waals surface area contributed by atoms with Gasteiger partial charge in [-0.1, -0.05) is 32.4 Å². The maximum Gasteiger partial charge on any atom is 0.348 e. The number of halogens is 1. The largest absolute Gasteiger partial charge is 0.348 e. The summed E-state index contributed by atoms with van der Waals surface area (Å²) >= 11 is 7.72. The molecule has 0 spiro atoms. The van der Waals surface area contributed by atoms with E-state index in [0.717, 1.165) is 28.3 Å². The fraction of sp³-hybridized carbons (Fsp3) is 0.471. The fourth-order valence-electron chi connectivity index (χ4n) is 2.32. The molecular formula is C17H23ClN4OS. The summed E-state index contributed by atoms with van der Waals surface area (Å²) in [5.41, 5.74) is 2.37. The first-order valence-corrected chi connectivity index (χ1v) is 9.00. The van der Waals surface area contributed by atoms with Crippen molar-refractivity contribution in [1.82, 2.24) is 14.8 Å². The summed E-state index contributed by atoms with van der Waals surface area (Å²) < 4.78 is 1.61. The van der Waals surface area contributed by atoms with Crippen molar-refractivity contribution in [3.8, 4) is 5.69 Å². The third kappa shape index (κ3) is 3.59.